The zero-order valence-corrected chi connectivity index (χ0v) is 14.5. The lowest BCUT2D eigenvalue weighted by atomic mass is 10.1. The molecular formula is C22H20FNO2. The molecule has 0 bridgehead atoms. The first-order chi connectivity index (χ1) is 12.6. The number of amides is 1. The molecule has 0 fully saturated rings. The molecule has 1 N–H and O–H groups in total. The summed E-state index contributed by atoms with van der Waals surface area (Å²) in [5, 5.41) is 2.92. The van der Waals surface area contributed by atoms with E-state index in [4.69, 9.17) is 4.74 Å². The molecule has 0 saturated heterocycles. The van der Waals surface area contributed by atoms with Crippen LogP contribution in [-0.4, -0.2) is 5.91 Å². The van der Waals surface area contributed by atoms with Crippen LogP contribution in [0.4, 0.5) is 4.39 Å². The second-order valence-electron chi connectivity index (χ2n) is 6.05. The monoisotopic (exact) mass is 349 g/mol. The van der Waals surface area contributed by atoms with Crippen LogP contribution < -0.4 is 10.1 Å². The third-order valence-electron chi connectivity index (χ3n) is 4.08. The number of para-hydroxylation sites is 1. The second-order valence-corrected chi connectivity index (χ2v) is 6.05. The minimum Gasteiger partial charge on any atom is -0.489 e. The molecule has 3 aromatic rings. The lowest BCUT2D eigenvalue weighted by Gasteiger charge is -2.14. The average molecular weight is 349 g/mol. The maximum atomic E-state index is 13.0. The van der Waals surface area contributed by atoms with Crippen molar-refractivity contribution in [1.29, 1.82) is 0 Å². The number of carbonyl (C=O) groups is 1. The third-order valence-corrected chi connectivity index (χ3v) is 4.08. The molecule has 26 heavy (non-hydrogen) atoms. The van der Waals surface area contributed by atoms with Crippen molar-refractivity contribution in [2.75, 3.05) is 0 Å². The fraction of sp³-hybridized carbons (Fsp3) is 0.136. The summed E-state index contributed by atoms with van der Waals surface area (Å²) in [6.07, 6.45) is 0. The highest BCUT2D eigenvalue weighted by atomic mass is 19.1. The van der Waals surface area contributed by atoms with Crippen molar-refractivity contribution in [1.82, 2.24) is 5.32 Å². The predicted octanol–water partition coefficient (Wildman–Crippen LogP) is 4.90. The Bertz CT molecular complexity index is 846. The molecule has 0 radical (unpaired) electrons. The Hall–Kier alpha value is -3.14. The molecule has 3 aromatic carbocycles. The standard InChI is InChI=1S/C22H20FNO2/c1-16(18-11-13-20(23)14-12-18)24-22(25)19-9-7-17(8-10-19)15-26-21-5-3-2-4-6-21/h2-14,16H,15H2,1H3,(H,24,25). The van der Waals surface area contributed by atoms with Crippen LogP contribution in [0.15, 0.2) is 78.9 Å². The first-order valence-corrected chi connectivity index (χ1v) is 8.45. The van der Waals surface area contributed by atoms with Gasteiger partial charge in [0, 0.05) is 5.56 Å². The Morgan fingerprint density at radius 1 is 0.962 bits per heavy atom. The number of hydrogen-bond donors (Lipinski definition) is 1. The number of carbonyl (C=O) groups excluding carboxylic acids is 1. The molecule has 0 saturated carbocycles. The minimum atomic E-state index is -0.291. The number of rotatable bonds is 6. The highest BCUT2D eigenvalue weighted by molar-refractivity contribution is 5.94. The largest absolute Gasteiger partial charge is 0.489 e. The molecule has 3 nitrogen and oxygen atoms in total. The summed E-state index contributed by atoms with van der Waals surface area (Å²) in [5.74, 6) is 0.348. The number of ether oxygens (including phenoxy) is 1. The molecule has 0 aliphatic carbocycles. The zero-order chi connectivity index (χ0) is 18.4. The number of halogens is 1. The van der Waals surface area contributed by atoms with Crippen molar-refractivity contribution in [3.05, 3.63) is 101 Å². The van der Waals surface area contributed by atoms with Gasteiger partial charge in [-0.1, -0.05) is 42.5 Å². The van der Waals surface area contributed by atoms with Gasteiger partial charge in [0.25, 0.3) is 5.91 Å². The summed E-state index contributed by atoms with van der Waals surface area (Å²) in [6, 6.07) is 22.8. The fourth-order valence-corrected chi connectivity index (χ4v) is 2.55. The molecule has 1 amide bonds. The summed E-state index contributed by atoms with van der Waals surface area (Å²) >= 11 is 0. The van der Waals surface area contributed by atoms with Crippen LogP contribution in [-0.2, 0) is 6.61 Å². The first-order valence-electron chi connectivity index (χ1n) is 8.45. The summed E-state index contributed by atoms with van der Waals surface area (Å²) in [7, 11) is 0. The normalized spacial score (nSPS) is 11.6. The summed E-state index contributed by atoms with van der Waals surface area (Å²) in [4.78, 5) is 12.4. The van der Waals surface area contributed by atoms with Crippen LogP contribution in [0.5, 0.6) is 5.75 Å². The van der Waals surface area contributed by atoms with Gasteiger partial charge in [-0.05, 0) is 54.4 Å². The third kappa shape index (κ3) is 4.70. The molecule has 0 spiro atoms. The van der Waals surface area contributed by atoms with Gasteiger partial charge in [0.1, 0.15) is 18.2 Å². The van der Waals surface area contributed by atoms with E-state index in [2.05, 4.69) is 5.32 Å². The van der Waals surface area contributed by atoms with Crippen molar-refractivity contribution in [3.8, 4) is 5.75 Å². The van der Waals surface area contributed by atoms with Crippen LogP contribution in [0, 0.1) is 5.82 Å². The van der Waals surface area contributed by atoms with Crippen molar-refractivity contribution in [2.45, 2.75) is 19.6 Å². The van der Waals surface area contributed by atoms with Crippen LogP contribution in [0.3, 0.4) is 0 Å². The first kappa shape index (κ1) is 17.7. The van der Waals surface area contributed by atoms with Gasteiger partial charge in [-0.25, -0.2) is 4.39 Å². The van der Waals surface area contributed by atoms with Crippen molar-refractivity contribution < 1.29 is 13.9 Å². The lowest BCUT2D eigenvalue weighted by molar-refractivity contribution is 0.0940. The summed E-state index contributed by atoms with van der Waals surface area (Å²) in [5.41, 5.74) is 2.41. The quantitative estimate of drug-likeness (QED) is 0.688. The predicted molar refractivity (Wildman–Crippen MR) is 99.5 cm³/mol. The second kappa shape index (κ2) is 8.30. The molecule has 0 aliphatic heterocycles. The molecule has 1 unspecified atom stereocenters. The molecule has 4 heteroatoms. The van der Waals surface area contributed by atoms with Gasteiger partial charge in [0.15, 0.2) is 0 Å². The molecule has 0 aliphatic rings. The van der Waals surface area contributed by atoms with Crippen LogP contribution >= 0.6 is 0 Å². The molecule has 1 atom stereocenters. The van der Waals surface area contributed by atoms with Crippen LogP contribution in [0.25, 0.3) is 0 Å². The Kier molecular flexibility index (Phi) is 5.64. The Morgan fingerprint density at radius 2 is 1.62 bits per heavy atom. The van der Waals surface area contributed by atoms with Gasteiger partial charge < -0.3 is 10.1 Å². The van der Waals surface area contributed by atoms with E-state index in [9.17, 15) is 9.18 Å². The van der Waals surface area contributed by atoms with E-state index in [0.717, 1.165) is 16.9 Å². The van der Waals surface area contributed by atoms with Crippen LogP contribution in [0.2, 0.25) is 0 Å². The van der Waals surface area contributed by atoms with E-state index in [0.29, 0.717) is 12.2 Å². The summed E-state index contributed by atoms with van der Waals surface area (Å²) in [6.45, 7) is 2.31. The van der Waals surface area contributed by atoms with E-state index in [1.807, 2.05) is 49.4 Å². The highest BCUT2D eigenvalue weighted by Gasteiger charge is 2.11. The van der Waals surface area contributed by atoms with Gasteiger partial charge in [-0.2, -0.15) is 0 Å². The SMILES string of the molecule is CC(NC(=O)c1ccc(COc2ccccc2)cc1)c1ccc(F)cc1. The van der Waals surface area contributed by atoms with Gasteiger partial charge in [0.05, 0.1) is 6.04 Å². The minimum absolute atomic E-state index is 0.169. The Balaban J connectivity index is 1.57. The fourth-order valence-electron chi connectivity index (χ4n) is 2.55. The maximum Gasteiger partial charge on any atom is 0.251 e. The van der Waals surface area contributed by atoms with E-state index in [1.54, 1.807) is 24.3 Å². The molecule has 3 rings (SSSR count). The number of hydrogen-bond acceptors (Lipinski definition) is 2. The molecule has 0 heterocycles. The van der Waals surface area contributed by atoms with E-state index in [1.165, 1.54) is 12.1 Å². The molecular weight excluding hydrogens is 329 g/mol. The van der Waals surface area contributed by atoms with Gasteiger partial charge in [-0.3, -0.25) is 4.79 Å². The summed E-state index contributed by atoms with van der Waals surface area (Å²) < 4.78 is 18.7. The topological polar surface area (TPSA) is 38.3 Å². The highest BCUT2D eigenvalue weighted by Crippen LogP contribution is 2.15. The van der Waals surface area contributed by atoms with E-state index < -0.39 is 0 Å². The lowest BCUT2D eigenvalue weighted by Crippen LogP contribution is -2.26. The average Bonchev–Trinajstić information content (AvgIpc) is 2.68. The van der Waals surface area contributed by atoms with Crippen molar-refractivity contribution in [3.63, 3.8) is 0 Å². The van der Waals surface area contributed by atoms with Gasteiger partial charge in [-0.15, -0.1) is 0 Å². The van der Waals surface area contributed by atoms with Crippen molar-refractivity contribution in [2.24, 2.45) is 0 Å². The van der Waals surface area contributed by atoms with Crippen LogP contribution in [0.1, 0.15) is 34.5 Å². The molecule has 0 aromatic heterocycles. The Morgan fingerprint density at radius 3 is 2.27 bits per heavy atom. The van der Waals surface area contributed by atoms with Gasteiger partial charge in [0.2, 0.25) is 0 Å². The Labute approximate surface area is 152 Å². The molecule has 132 valence electrons. The smallest absolute Gasteiger partial charge is 0.251 e. The van der Waals surface area contributed by atoms with Gasteiger partial charge >= 0.3 is 0 Å². The maximum absolute atomic E-state index is 13.0. The van der Waals surface area contributed by atoms with Crippen molar-refractivity contribution >= 4 is 5.91 Å². The zero-order valence-electron chi connectivity index (χ0n) is 14.5. The number of benzene rings is 3. The van der Waals surface area contributed by atoms with E-state index in [-0.39, 0.29) is 17.8 Å². The number of nitrogens with one attached hydrogen (secondary N) is 1. The van der Waals surface area contributed by atoms with E-state index >= 15 is 0 Å².